The molecular formula is C8H8BrN3O. The number of nitrogens with zero attached hydrogens (tertiary/aromatic N) is 3. The Hall–Kier alpha value is -1.19. The number of benzene rings is 1. The number of halogens is 1. The van der Waals surface area contributed by atoms with E-state index in [1.165, 1.54) is 0 Å². The summed E-state index contributed by atoms with van der Waals surface area (Å²) in [5.41, 5.74) is 9.08. The molecule has 0 saturated heterocycles. The molecule has 0 atom stereocenters. The first-order valence-corrected chi connectivity index (χ1v) is 4.40. The van der Waals surface area contributed by atoms with Gasteiger partial charge in [-0.25, -0.2) is 0 Å². The molecule has 0 fully saturated rings. The quantitative estimate of drug-likeness (QED) is 0.455. The Balaban J connectivity index is 2.91. The van der Waals surface area contributed by atoms with Crippen molar-refractivity contribution >= 4 is 15.9 Å². The molecule has 4 nitrogen and oxygen atoms in total. The van der Waals surface area contributed by atoms with E-state index in [0.717, 1.165) is 15.8 Å². The molecule has 13 heavy (non-hydrogen) atoms. The van der Waals surface area contributed by atoms with Crippen molar-refractivity contribution in [1.82, 2.24) is 0 Å². The molecule has 1 aromatic carbocycles. The van der Waals surface area contributed by atoms with E-state index in [1.54, 1.807) is 7.11 Å². The van der Waals surface area contributed by atoms with Gasteiger partial charge in [0, 0.05) is 9.38 Å². The summed E-state index contributed by atoms with van der Waals surface area (Å²) < 4.78 is 5.91. The van der Waals surface area contributed by atoms with E-state index in [9.17, 15) is 0 Å². The second-order valence-electron chi connectivity index (χ2n) is 2.35. The molecule has 0 heterocycles. The molecule has 0 aromatic heterocycles. The summed E-state index contributed by atoms with van der Waals surface area (Å²) >= 11 is 3.35. The summed E-state index contributed by atoms with van der Waals surface area (Å²) in [6, 6.07) is 5.52. The fraction of sp³-hybridized carbons (Fsp3) is 0.250. The molecule has 1 rings (SSSR count). The van der Waals surface area contributed by atoms with Gasteiger partial charge in [0.1, 0.15) is 5.75 Å². The van der Waals surface area contributed by atoms with Gasteiger partial charge in [-0.1, -0.05) is 27.1 Å². The minimum absolute atomic E-state index is 0.348. The molecule has 0 spiro atoms. The molecule has 0 aliphatic heterocycles. The lowest BCUT2D eigenvalue weighted by Crippen LogP contribution is -1.86. The normalized spacial score (nSPS) is 9.08. The lowest BCUT2D eigenvalue weighted by Gasteiger charge is -2.03. The van der Waals surface area contributed by atoms with Crippen LogP contribution in [-0.2, 0) is 6.54 Å². The van der Waals surface area contributed by atoms with Crippen LogP contribution in [0.2, 0.25) is 0 Å². The van der Waals surface area contributed by atoms with Crippen molar-refractivity contribution < 1.29 is 4.74 Å². The number of ether oxygens (including phenoxy) is 1. The molecule has 0 radical (unpaired) electrons. The minimum atomic E-state index is 0.348. The maximum Gasteiger partial charge on any atom is 0.120 e. The first-order valence-electron chi connectivity index (χ1n) is 3.61. The van der Waals surface area contributed by atoms with Crippen molar-refractivity contribution in [1.29, 1.82) is 0 Å². The Labute approximate surface area is 84.3 Å². The van der Waals surface area contributed by atoms with Gasteiger partial charge in [0.05, 0.1) is 13.7 Å². The third-order valence-corrected chi connectivity index (χ3v) is 2.30. The van der Waals surface area contributed by atoms with Gasteiger partial charge in [-0.3, -0.25) is 0 Å². The monoisotopic (exact) mass is 241 g/mol. The molecule has 68 valence electrons. The molecule has 5 heteroatoms. The molecule has 0 unspecified atom stereocenters. The Morgan fingerprint density at radius 3 is 2.92 bits per heavy atom. The van der Waals surface area contributed by atoms with Crippen molar-refractivity contribution in [2.75, 3.05) is 7.11 Å². The van der Waals surface area contributed by atoms with Crippen LogP contribution in [0.4, 0.5) is 0 Å². The Morgan fingerprint density at radius 2 is 2.38 bits per heavy atom. The summed E-state index contributed by atoms with van der Waals surface area (Å²) in [5.74, 6) is 0.775. The van der Waals surface area contributed by atoms with Gasteiger partial charge < -0.3 is 4.74 Å². The molecular weight excluding hydrogens is 234 g/mol. The van der Waals surface area contributed by atoms with Crippen molar-refractivity contribution in [3.8, 4) is 5.75 Å². The third-order valence-electron chi connectivity index (χ3n) is 1.56. The third kappa shape index (κ3) is 2.65. The average Bonchev–Trinajstić information content (AvgIpc) is 2.16. The van der Waals surface area contributed by atoms with Crippen LogP contribution in [0.3, 0.4) is 0 Å². The second-order valence-corrected chi connectivity index (χ2v) is 3.20. The van der Waals surface area contributed by atoms with Crippen molar-refractivity contribution in [3.05, 3.63) is 38.7 Å². The highest BCUT2D eigenvalue weighted by Gasteiger charge is 1.99. The van der Waals surface area contributed by atoms with Crippen molar-refractivity contribution in [2.24, 2.45) is 5.11 Å². The Kier molecular flexibility index (Phi) is 3.61. The molecule has 0 N–H and O–H groups in total. The minimum Gasteiger partial charge on any atom is -0.497 e. The van der Waals surface area contributed by atoms with E-state index in [2.05, 4.69) is 26.0 Å². The van der Waals surface area contributed by atoms with Crippen molar-refractivity contribution in [3.63, 3.8) is 0 Å². The van der Waals surface area contributed by atoms with E-state index in [4.69, 9.17) is 10.3 Å². The van der Waals surface area contributed by atoms with Gasteiger partial charge in [-0.15, -0.1) is 0 Å². The zero-order valence-electron chi connectivity index (χ0n) is 7.07. The lowest BCUT2D eigenvalue weighted by atomic mass is 10.2. The SMILES string of the molecule is COc1ccc(CN=[N+]=[N-])c(Br)c1. The Bertz CT molecular complexity index is 347. The predicted molar refractivity (Wildman–Crippen MR) is 53.5 cm³/mol. The smallest absolute Gasteiger partial charge is 0.120 e. The molecule has 0 amide bonds. The highest BCUT2D eigenvalue weighted by molar-refractivity contribution is 9.10. The fourth-order valence-corrected chi connectivity index (χ4v) is 1.37. The molecule has 0 bridgehead atoms. The number of azide groups is 1. The second kappa shape index (κ2) is 4.74. The maximum absolute atomic E-state index is 8.14. The van der Waals surface area contributed by atoms with Gasteiger partial charge in [-0.2, -0.15) is 0 Å². The zero-order chi connectivity index (χ0) is 9.68. The first-order chi connectivity index (χ1) is 6.27. The summed E-state index contributed by atoms with van der Waals surface area (Å²) in [5, 5.41) is 3.47. The van der Waals surface area contributed by atoms with E-state index < -0.39 is 0 Å². The van der Waals surface area contributed by atoms with Crippen LogP contribution in [0, 0.1) is 0 Å². The van der Waals surface area contributed by atoms with Crippen LogP contribution < -0.4 is 4.74 Å². The lowest BCUT2D eigenvalue weighted by molar-refractivity contribution is 0.414. The highest BCUT2D eigenvalue weighted by Crippen LogP contribution is 2.23. The zero-order valence-corrected chi connectivity index (χ0v) is 8.65. The van der Waals surface area contributed by atoms with E-state index in [0.29, 0.717) is 6.54 Å². The van der Waals surface area contributed by atoms with Gasteiger partial charge in [0.25, 0.3) is 0 Å². The summed E-state index contributed by atoms with van der Waals surface area (Å²) in [7, 11) is 1.61. The molecule has 0 saturated carbocycles. The van der Waals surface area contributed by atoms with E-state index in [-0.39, 0.29) is 0 Å². The fourth-order valence-electron chi connectivity index (χ4n) is 0.891. The largest absolute Gasteiger partial charge is 0.497 e. The summed E-state index contributed by atoms with van der Waals surface area (Å²) in [6.45, 7) is 0.348. The Morgan fingerprint density at radius 1 is 1.62 bits per heavy atom. The van der Waals surface area contributed by atoms with Crippen LogP contribution in [0.5, 0.6) is 5.75 Å². The number of methoxy groups -OCH3 is 1. The van der Waals surface area contributed by atoms with Crippen LogP contribution >= 0.6 is 15.9 Å². The van der Waals surface area contributed by atoms with E-state index in [1.807, 2.05) is 18.2 Å². The standard InChI is InChI=1S/C8H8BrN3O/c1-13-7-3-2-6(5-11-12-10)8(9)4-7/h2-4H,5H2,1H3. The number of hydrogen-bond acceptors (Lipinski definition) is 2. The predicted octanol–water partition coefficient (Wildman–Crippen LogP) is 3.27. The maximum atomic E-state index is 8.14. The van der Waals surface area contributed by atoms with Crippen LogP contribution in [0.25, 0.3) is 10.4 Å². The molecule has 1 aromatic rings. The molecule has 0 aliphatic rings. The van der Waals surface area contributed by atoms with Crippen molar-refractivity contribution in [2.45, 2.75) is 6.54 Å². The van der Waals surface area contributed by atoms with E-state index >= 15 is 0 Å². The molecule has 0 aliphatic carbocycles. The number of rotatable bonds is 3. The number of hydrogen-bond donors (Lipinski definition) is 0. The van der Waals surface area contributed by atoms with Gasteiger partial charge in [-0.05, 0) is 23.2 Å². The van der Waals surface area contributed by atoms with Gasteiger partial charge in [0.2, 0.25) is 0 Å². The summed E-state index contributed by atoms with van der Waals surface area (Å²) in [4.78, 5) is 2.69. The van der Waals surface area contributed by atoms with Crippen LogP contribution in [0.15, 0.2) is 27.8 Å². The van der Waals surface area contributed by atoms with Gasteiger partial charge >= 0.3 is 0 Å². The van der Waals surface area contributed by atoms with Crippen LogP contribution in [0.1, 0.15) is 5.56 Å². The average molecular weight is 242 g/mol. The summed E-state index contributed by atoms with van der Waals surface area (Å²) in [6.07, 6.45) is 0. The topological polar surface area (TPSA) is 58.0 Å². The van der Waals surface area contributed by atoms with Gasteiger partial charge in [0.15, 0.2) is 0 Å². The van der Waals surface area contributed by atoms with Crippen LogP contribution in [-0.4, -0.2) is 7.11 Å². The first kappa shape index (κ1) is 9.89. The highest BCUT2D eigenvalue weighted by atomic mass is 79.9.